The van der Waals surface area contributed by atoms with Gasteiger partial charge in [-0.3, -0.25) is 14.2 Å². The Morgan fingerprint density at radius 1 is 1.29 bits per heavy atom. The van der Waals surface area contributed by atoms with Gasteiger partial charge in [0.1, 0.15) is 10.1 Å². The van der Waals surface area contributed by atoms with Crippen LogP contribution in [0.5, 0.6) is 0 Å². The fourth-order valence-corrected chi connectivity index (χ4v) is 6.10. The first kappa shape index (κ1) is 17.9. The van der Waals surface area contributed by atoms with Crippen LogP contribution in [-0.4, -0.2) is 21.5 Å². The average molecular weight is 412 g/mol. The van der Waals surface area contributed by atoms with Crippen LogP contribution in [0.3, 0.4) is 0 Å². The molecule has 144 valence electrons. The van der Waals surface area contributed by atoms with Crippen molar-refractivity contribution in [3.05, 3.63) is 56.7 Å². The predicted molar refractivity (Wildman–Crippen MR) is 113 cm³/mol. The normalized spacial score (nSPS) is 16.9. The minimum absolute atomic E-state index is 0.00122. The predicted octanol–water partition coefficient (Wildman–Crippen LogP) is 3.60. The lowest BCUT2D eigenvalue weighted by Gasteiger charge is -2.17. The second kappa shape index (κ2) is 7.04. The van der Waals surface area contributed by atoms with Crippen LogP contribution in [0.4, 0.5) is 0 Å². The molecule has 28 heavy (non-hydrogen) atoms. The lowest BCUT2D eigenvalue weighted by atomic mass is 10.1. The monoisotopic (exact) mass is 411 g/mol. The number of carbonyl (C=O) groups is 1. The van der Waals surface area contributed by atoms with Gasteiger partial charge in [-0.2, -0.15) is 0 Å². The largest absolute Gasteiger partial charge is 0.352 e. The molecule has 5 rings (SSSR count). The highest BCUT2D eigenvalue weighted by Crippen LogP contribution is 2.38. The summed E-state index contributed by atoms with van der Waals surface area (Å²) in [6.07, 6.45) is 5.21. The van der Waals surface area contributed by atoms with Crippen LogP contribution in [0.25, 0.3) is 10.2 Å². The van der Waals surface area contributed by atoms with Gasteiger partial charge in [0, 0.05) is 18.0 Å². The molecule has 1 fully saturated rings. The van der Waals surface area contributed by atoms with E-state index in [4.69, 9.17) is 4.98 Å². The Labute approximate surface area is 171 Å². The summed E-state index contributed by atoms with van der Waals surface area (Å²) in [5.41, 5.74) is 2.12. The van der Waals surface area contributed by atoms with Crippen LogP contribution in [0.2, 0.25) is 0 Å². The van der Waals surface area contributed by atoms with Crippen molar-refractivity contribution in [1.29, 1.82) is 0 Å². The van der Waals surface area contributed by atoms with E-state index in [1.807, 2.05) is 30.3 Å². The second-order valence-corrected chi connectivity index (χ2v) is 9.64. The van der Waals surface area contributed by atoms with Gasteiger partial charge in [-0.25, -0.2) is 4.98 Å². The first-order chi connectivity index (χ1) is 13.6. The molecule has 0 spiro atoms. The molecule has 7 heteroatoms. The summed E-state index contributed by atoms with van der Waals surface area (Å²) in [6, 6.07) is 10.0. The number of rotatable bonds is 5. The van der Waals surface area contributed by atoms with E-state index in [0.29, 0.717) is 11.2 Å². The van der Waals surface area contributed by atoms with Crippen molar-refractivity contribution < 1.29 is 4.79 Å². The molecule has 2 aliphatic rings. The standard InChI is InChI=1S/C21H21N3O2S2/c1-24-20(26)16-14-8-5-9-15(14)27-19(16)23-21(24)28-17(12-6-3-2-4-7-12)18(25)22-13-10-11-13/h2-4,6-7,13,17H,5,8-11H2,1H3,(H,22,25)/t17-/m1/s1. The smallest absolute Gasteiger partial charge is 0.262 e. The molecule has 0 aliphatic heterocycles. The van der Waals surface area contributed by atoms with E-state index in [1.54, 1.807) is 23.0 Å². The Balaban J connectivity index is 1.55. The summed E-state index contributed by atoms with van der Waals surface area (Å²) in [6.45, 7) is 0. The maximum absolute atomic E-state index is 13.1. The quantitative estimate of drug-likeness (QED) is 0.515. The minimum Gasteiger partial charge on any atom is -0.352 e. The topological polar surface area (TPSA) is 64.0 Å². The highest BCUT2D eigenvalue weighted by molar-refractivity contribution is 8.00. The zero-order valence-corrected chi connectivity index (χ0v) is 17.2. The van der Waals surface area contributed by atoms with E-state index in [9.17, 15) is 9.59 Å². The zero-order chi connectivity index (χ0) is 19.3. The van der Waals surface area contributed by atoms with E-state index >= 15 is 0 Å². The number of thiophene rings is 1. The van der Waals surface area contributed by atoms with Gasteiger partial charge in [-0.1, -0.05) is 42.1 Å². The van der Waals surface area contributed by atoms with Gasteiger partial charge in [0.2, 0.25) is 5.91 Å². The number of nitrogens with zero attached hydrogens (tertiary/aromatic N) is 2. The third kappa shape index (κ3) is 3.16. The zero-order valence-electron chi connectivity index (χ0n) is 15.6. The Morgan fingerprint density at radius 2 is 2.07 bits per heavy atom. The second-order valence-electron chi connectivity index (χ2n) is 7.49. The summed E-state index contributed by atoms with van der Waals surface area (Å²) in [4.78, 5) is 32.9. The molecule has 0 saturated heterocycles. The van der Waals surface area contributed by atoms with E-state index < -0.39 is 5.25 Å². The molecule has 3 aromatic rings. The number of nitrogens with one attached hydrogen (secondary N) is 1. The van der Waals surface area contributed by atoms with Crippen molar-refractivity contribution in [1.82, 2.24) is 14.9 Å². The summed E-state index contributed by atoms with van der Waals surface area (Å²) in [5.74, 6) is -0.0123. The van der Waals surface area contributed by atoms with Crippen LogP contribution in [0.15, 0.2) is 40.3 Å². The summed E-state index contributed by atoms with van der Waals surface area (Å²) < 4.78 is 1.61. The molecule has 2 aromatic heterocycles. The molecule has 1 N–H and O–H groups in total. The number of hydrogen-bond donors (Lipinski definition) is 1. The lowest BCUT2D eigenvalue weighted by Crippen LogP contribution is -2.30. The number of hydrogen-bond acceptors (Lipinski definition) is 5. The molecule has 0 radical (unpaired) electrons. The number of fused-ring (bicyclic) bond motifs is 3. The van der Waals surface area contributed by atoms with Crippen molar-refractivity contribution >= 4 is 39.2 Å². The average Bonchev–Trinajstić information content (AvgIpc) is 3.27. The lowest BCUT2D eigenvalue weighted by molar-refractivity contribution is -0.120. The van der Waals surface area contributed by atoms with E-state index in [0.717, 1.165) is 47.9 Å². The van der Waals surface area contributed by atoms with E-state index in [-0.39, 0.29) is 11.5 Å². The van der Waals surface area contributed by atoms with Gasteiger partial charge in [0.15, 0.2) is 5.16 Å². The molecular weight excluding hydrogens is 390 g/mol. The fraction of sp³-hybridized carbons (Fsp3) is 0.381. The summed E-state index contributed by atoms with van der Waals surface area (Å²) >= 11 is 3.00. The highest BCUT2D eigenvalue weighted by Gasteiger charge is 2.30. The number of thioether (sulfide) groups is 1. The van der Waals surface area contributed by atoms with Gasteiger partial charge in [-0.05, 0) is 43.2 Å². The van der Waals surface area contributed by atoms with E-state index in [2.05, 4.69) is 5.32 Å². The molecule has 0 bridgehead atoms. The molecule has 1 amide bonds. The molecule has 2 aliphatic carbocycles. The van der Waals surface area contributed by atoms with Gasteiger partial charge < -0.3 is 5.32 Å². The Kier molecular flexibility index (Phi) is 4.51. The molecule has 1 atom stereocenters. The highest BCUT2D eigenvalue weighted by atomic mass is 32.2. The number of amides is 1. The molecule has 1 saturated carbocycles. The van der Waals surface area contributed by atoms with Crippen LogP contribution in [-0.2, 0) is 24.7 Å². The molecule has 1 aromatic carbocycles. The molecular formula is C21H21N3O2S2. The first-order valence-corrected chi connectivity index (χ1v) is 11.3. The SMILES string of the molecule is Cn1c(S[C@@H](C(=O)NC2CC2)c2ccccc2)nc2sc3c(c2c1=O)CCC3. The number of aryl methyl sites for hydroxylation is 2. The minimum atomic E-state index is -0.427. The van der Waals surface area contributed by atoms with Crippen molar-refractivity contribution in [3.63, 3.8) is 0 Å². The Bertz CT molecular complexity index is 1120. The van der Waals surface area contributed by atoms with Gasteiger partial charge >= 0.3 is 0 Å². The summed E-state index contributed by atoms with van der Waals surface area (Å²) in [7, 11) is 1.76. The third-order valence-corrected chi connectivity index (χ3v) is 7.88. The number of benzene rings is 1. The van der Waals surface area contributed by atoms with Gasteiger partial charge in [0.05, 0.1) is 5.39 Å². The van der Waals surface area contributed by atoms with E-state index in [1.165, 1.54) is 22.2 Å². The molecule has 0 unspecified atom stereocenters. The maximum Gasteiger partial charge on any atom is 0.262 e. The van der Waals surface area contributed by atoms with Crippen molar-refractivity contribution in [3.8, 4) is 0 Å². The number of aromatic nitrogens is 2. The van der Waals surface area contributed by atoms with Crippen LogP contribution < -0.4 is 10.9 Å². The van der Waals surface area contributed by atoms with Gasteiger partial charge in [0.25, 0.3) is 5.56 Å². The van der Waals surface area contributed by atoms with Crippen LogP contribution in [0.1, 0.15) is 40.5 Å². The molecule has 2 heterocycles. The van der Waals surface area contributed by atoms with Crippen molar-refractivity contribution in [2.24, 2.45) is 7.05 Å². The molecule has 5 nitrogen and oxygen atoms in total. The number of carbonyl (C=O) groups excluding carboxylic acids is 1. The maximum atomic E-state index is 13.1. The Morgan fingerprint density at radius 3 is 2.82 bits per heavy atom. The van der Waals surface area contributed by atoms with Crippen LogP contribution in [0, 0.1) is 0 Å². The first-order valence-electron chi connectivity index (χ1n) is 9.65. The Hall–Kier alpha value is -2.12. The van der Waals surface area contributed by atoms with Crippen molar-refractivity contribution in [2.45, 2.75) is 48.6 Å². The van der Waals surface area contributed by atoms with Gasteiger partial charge in [-0.15, -0.1) is 11.3 Å². The third-order valence-electron chi connectivity index (χ3n) is 5.39. The fourth-order valence-electron chi connectivity index (χ4n) is 3.72. The van der Waals surface area contributed by atoms with Crippen LogP contribution >= 0.6 is 23.1 Å². The summed E-state index contributed by atoms with van der Waals surface area (Å²) in [5, 5.41) is 4.05. The van der Waals surface area contributed by atoms with Crippen molar-refractivity contribution in [2.75, 3.05) is 0 Å².